The van der Waals surface area contributed by atoms with E-state index in [1.807, 2.05) is 0 Å². The summed E-state index contributed by atoms with van der Waals surface area (Å²) < 4.78 is 0. The molecule has 0 aromatic carbocycles. The Morgan fingerprint density at radius 3 is 1.38 bits per heavy atom. The van der Waals surface area contributed by atoms with Crippen molar-refractivity contribution in [2.45, 2.75) is 78.1 Å². The number of hydrogen-bond donors (Lipinski definition) is 2. The Bertz CT molecular complexity index is 220. The highest BCUT2D eigenvalue weighted by Crippen LogP contribution is 2.10. The van der Waals surface area contributed by atoms with Gasteiger partial charge in [0, 0.05) is 0 Å². The summed E-state index contributed by atoms with van der Waals surface area (Å²) in [6.45, 7) is 4.55. The van der Waals surface area contributed by atoms with Crippen molar-refractivity contribution in [1.29, 1.82) is 0 Å². The Labute approximate surface area is 133 Å². The highest BCUT2D eigenvalue weighted by Gasteiger charge is 2.00. The second-order valence-corrected chi connectivity index (χ2v) is 6.25. The van der Waals surface area contributed by atoms with Gasteiger partial charge in [-0.2, -0.15) is 11.8 Å². The highest BCUT2D eigenvalue weighted by atomic mass is 32.2. The molecule has 0 spiro atoms. The van der Waals surface area contributed by atoms with Crippen LogP contribution in [0.4, 0.5) is 0 Å². The molecule has 0 aliphatic carbocycles. The van der Waals surface area contributed by atoms with Gasteiger partial charge in [-0.25, -0.2) is 0 Å². The molecule has 0 bridgehead atoms. The molecule has 0 atom stereocenters. The summed E-state index contributed by atoms with van der Waals surface area (Å²) in [5, 5.41) is 15.8. The number of aliphatic carboxylic acids is 2. The van der Waals surface area contributed by atoms with Gasteiger partial charge in [-0.15, -0.1) is 0 Å². The van der Waals surface area contributed by atoms with Crippen molar-refractivity contribution in [2.24, 2.45) is 0 Å². The summed E-state index contributed by atoms with van der Waals surface area (Å²) in [5.41, 5.74) is 0. The van der Waals surface area contributed by atoms with Gasteiger partial charge >= 0.3 is 11.9 Å². The fourth-order valence-corrected chi connectivity index (χ4v) is 2.60. The van der Waals surface area contributed by atoms with Crippen molar-refractivity contribution in [3.05, 3.63) is 0 Å². The molecule has 0 aromatic heterocycles. The summed E-state index contributed by atoms with van der Waals surface area (Å²) in [7, 11) is 0. The number of rotatable bonds is 13. The zero-order valence-electron chi connectivity index (χ0n) is 13.6. The first-order chi connectivity index (χ1) is 10.0. The monoisotopic (exact) mass is 320 g/mol. The maximum atomic E-state index is 9.64. The number of hydrogen-bond acceptors (Lipinski definition) is 3. The largest absolute Gasteiger partial charge is 0.481 e. The lowest BCUT2D eigenvalue weighted by Crippen LogP contribution is -2.00. The Balaban J connectivity index is 0. The van der Waals surface area contributed by atoms with Crippen LogP contribution in [0.1, 0.15) is 78.1 Å². The molecule has 126 valence electrons. The minimum absolute atomic E-state index is 0.296. The number of thioether (sulfide) groups is 1. The van der Waals surface area contributed by atoms with Crippen molar-refractivity contribution < 1.29 is 19.8 Å². The number of carboxylic acids is 2. The first kappa shape index (κ1) is 22.6. The van der Waals surface area contributed by atoms with Gasteiger partial charge in [-0.05, 0) is 24.3 Å². The number of carboxylic acid groups (broad SMARTS) is 2. The van der Waals surface area contributed by atoms with E-state index in [1.54, 1.807) is 0 Å². The molecule has 0 aliphatic rings. The summed E-state index contributed by atoms with van der Waals surface area (Å²) in [5.74, 6) is 0.637. The first-order valence-electron chi connectivity index (χ1n) is 8.05. The molecule has 0 unspecified atom stereocenters. The van der Waals surface area contributed by atoms with Crippen LogP contribution in [0.2, 0.25) is 0 Å². The Kier molecular flexibility index (Phi) is 20.7. The molecule has 21 heavy (non-hydrogen) atoms. The number of carbonyl (C=O) groups is 2. The highest BCUT2D eigenvalue weighted by molar-refractivity contribution is 7.99. The second kappa shape index (κ2) is 19.3. The van der Waals surface area contributed by atoms with Crippen LogP contribution in [-0.4, -0.2) is 33.7 Å². The fraction of sp³-hybridized carbons (Fsp3) is 0.875. The van der Waals surface area contributed by atoms with E-state index in [9.17, 15) is 9.59 Å². The van der Waals surface area contributed by atoms with Crippen molar-refractivity contribution in [1.82, 2.24) is 0 Å². The van der Waals surface area contributed by atoms with Crippen LogP contribution < -0.4 is 0 Å². The third-order valence-corrected chi connectivity index (χ3v) is 3.99. The van der Waals surface area contributed by atoms with E-state index in [2.05, 4.69) is 25.6 Å². The van der Waals surface area contributed by atoms with Crippen molar-refractivity contribution >= 4 is 23.7 Å². The molecule has 0 rings (SSSR count). The van der Waals surface area contributed by atoms with E-state index in [1.165, 1.54) is 62.9 Å². The van der Waals surface area contributed by atoms with Crippen LogP contribution in [0.15, 0.2) is 0 Å². The Morgan fingerprint density at radius 2 is 1.10 bits per heavy atom. The van der Waals surface area contributed by atoms with E-state index in [4.69, 9.17) is 10.2 Å². The maximum absolute atomic E-state index is 9.64. The van der Waals surface area contributed by atoms with Gasteiger partial charge in [-0.3, -0.25) is 9.59 Å². The average Bonchev–Trinajstić information content (AvgIpc) is 2.44. The van der Waals surface area contributed by atoms with Crippen LogP contribution in [-0.2, 0) is 9.59 Å². The zero-order chi connectivity index (χ0) is 16.3. The molecule has 0 fully saturated rings. The smallest absolute Gasteiger partial charge is 0.303 e. The van der Waals surface area contributed by atoms with Gasteiger partial charge < -0.3 is 10.2 Å². The lowest BCUT2D eigenvalue weighted by Gasteiger charge is -2.00. The number of unbranched alkanes of at least 4 members (excludes halogenated alkanes) is 6. The van der Waals surface area contributed by atoms with Gasteiger partial charge in [-0.1, -0.05) is 52.4 Å². The third kappa shape index (κ3) is 28.2. The third-order valence-electron chi connectivity index (χ3n) is 2.84. The van der Waals surface area contributed by atoms with Gasteiger partial charge in [0.1, 0.15) is 0 Å². The van der Waals surface area contributed by atoms with Gasteiger partial charge in [0.05, 0.1) is 12.8 Å². The van der Waals surface area contributed by atoms with E-state index < -0.39 is 11.9 Å². The quantitative estimate of drug-likeness (QED) is 0.476. The molecule has 0 saturated carbocycles. The van der Waals surface area contributed by atoms with E-state index in [0.717, 1.165) is 0 Å². The van der Waals surface area contributed by atoms with E-state index >= 15 is 0 Å². The van der Waals surface area contributed by atoms with Gasteiger partial charge in [0.15, 0.2) is 0 Å². The topological polar surface area (TPSA) is 74.6 Å². The lowest BCUT2D eigenvalue weighted by atomic mass is 10.2. The van der Waals surface area contributed by atoms with Crippen molar-refractivity contribution in [2.75, 3.05) is 11.5 Å². The van der Waals surface area contributed by atoms with Crippen LogP contribution in [0, 0.1) is 0 Å². The molecule has 0 radical (unpaired) electrons. The SMILES string of the molecule is CCCCCCSCCCCCC.O=C(O)CCC(=O)O. The normalized spacial score (nSPS) is 9.81. The predicted octanol–water partition coefficient (Wildman–Crippen LogP) is 4.82. The maximum Gasteiger partial charge on any atom is 0.303 e. The van der Waals surface area contributed by atoms with E-state index in [-0.39, 0.29) is 12.8 Å². The minimum atomic E-state index is -1.08. The second-order valence-electron chi connectivity index (χ2n) is 5.02. The molecular formula is C16H32O4S. The molecule has 4 nitrogen and oxygen atoms in total. The molecular weight excluding hydrogens is 288 g/mol. The predicted molar refractivity (Wildman–Crippen MR) is 90.1 cm³/mol. The zero-order valence-corrected chi connectivity index (χ0v) is 14.4. The molecule has 5 heteroatoms. The fourth-order valence-electron chi connectivity index (χ4n) is 1.58. The van der Waals surface area contributed by atoms with Crippen LogP contribution in [0.25, 0.3) is 0 Å². The van der Waals surface area contributed by atoms with Crippen LogP contribution in [0.3, 0.4) is 0 Å². The molecule has 0 aromatic rings. The van der Waals surface area contributed by atoms with Crippen LogP contribution in [0.5, 0.6) is 0 Å². The summed E-state index contributed by atoms with van der Waals surface area (Å²) in [6, 6.07) is 0. The van der Waals surface area contributed by atoms with E-state index in [0.29, 0.717) is 0 Å². The summed E-state index contributed by atoms with van der Waals surface area (Å²) >= 11 is 2.15. The van der Waals surface area contributed by atoms with Gasteiger partial charge in [0.25, 0.3) is 0 Å². The molecule has 0 saturated heterocycles. The summed E-state index contributed by atoms with van der Waals surface area (Å²) in [6.07, 6.45) is 10.7. The standard InChI is InChI=1S/C12H26S.C4H6O4/c1-3-5-7-9-11-13-12-10-8-6-4-2;5-3(6)1-2-4(7)8/h3-12H2,1-2H3;1-2H2,(H,5,6)(H,7,8). The minimum Gasteiger partial charge on any atom is -0.481 e. The lowest BCUT2D eigenvalue weighted by molar-refractivity contribution is -0.143. The van der Waals surface area contributed by atoms with Gasteiger partial charge in [0.2, 0.25) is 0 Å². The average molecular weight is 320 g/mol. The molecule has 0 amide bonds. The Hall–Kier alpha value is -0.710. The molecule has 0 heterocycles. The first-order valence-corrected chi connectivity index (χ1v) is 9.21. The Morgan fingerprint density at radius 1 is 0.714 bits per heavy atom. The van der Waals surface area contributed by atoms with Crippen molar-refractivity contribution in [3.8, 4) is 0 Å². The summed E-state index contributed by atoms with van der Waals surface area (Å²) in [4.78, 5) is 19.3. The molecule has 0 aliphatic heterocycles. The van der Waals surface area contributed by atoms with Crippen LogP contribution >= 0.6 is 11.8 Å². The molecule has 2 N–H and O–H groups in total. The van der Waals surface area contributed by atoms with Crippen molar-refractivity contribution in [3.63, 3.8) is 0 Å².